The van der Waals surface area contributed by atoms with Crippen LogP contribution in [0.25, 0.3) is 21.5 Å². The van der Waals surface area contributed by atoms with Gasteiger partial charge in [-0.3, -0.25) is 0 Å². The normalized spacial score (nSPS) is 12.4. The van der Waals surface area contributed by atoms with Gasteiger partial charge < -0.3 is 18.9 Å². The molecule has 0 bridgehead atoms. The summed E-state index contributed by atoms with van der Waals surface area (Å²) in [5.41, 5.74) is 0.992. The Kier molecular flexibility index (Phi) is 8.26. The van der Waals surface area contributed by atoms with Crippen LogP contribution in [0, 0.1) is 0 Å². The first-order valence-corrected chi connectivity index (χ1v) is 13.2. The second kappa shape index (κ2) is 12.3. The molecule has 5 aromatic rings. The van der Waals surface area contributed by atoms with Crippen molar-refractivity contribution in [3.05, 3.63) is 120 Å². The highest BCUT2D eigenvalue weighted by Gasteiger charge is 2.19. The average molecular weight is 535 g/mol. The Balaban J connectivity index is 1.36. The van der Waals surface area contributed by atoms with Crippen LogP contribution in [0.1, 0.15) is 34.6 Å². The zero-order chi connectivity index (χ0) is 27.9. The van der Waals surface area contributed by atoms with Crippen LogP contribution in [0.2, 0.25) is 0 Å². The third-order valence-corrected chi connectivity index (χ3v) is 6.39. The van der Waals surface area contributed by atoms with Crippen LogP contribution in [-0.2, 0) is 9.47 Å². The van der Waals surface area contributed by atoms with Crippen LogP contribution >= 0.6 is 0 Å². The van der Waals surface area contributed by atoms with Gasteiger partial charge in [-0.2, -0.15) is 0 Å². The van der Waals surface area contributed by atoms with Gasteiger partial charge in [0.25, 0.3) is 0 Å². The van der Waals surface area contributed by atoms with Crippen molar-refractivity contribution in [2.45, 2.75) is 26.1 Å². The average Bonchev–Trinajstić information content (AvgIpc) is 2.99. The first-order valence-electron chi connectivity index (χ1n) is 13.2. The molecule has 0 N–H and O–H groups in total. The maximum atomic E-state index is 12.5. The van der Waals surface area contributed by atoms with Gasteiger partial charge in [-0.15, -0.1) is 0 Å². The molecule has 0 fully saturated rings. The molecule has 0 aliphatic heterocycles. The molecule has 0 aliphatic carbocycles. The Bertz CT molecular complexity index is 1440. The number of carbonyl (C=O) groups excluding carboxylic acids is 2. The summed E-state index contributed by atoms with van der Waals surface area (Å²) < 4.78 is 23.8. The Labute approximate surface area is 233 Å². The van der Waals surface area contributed by atoms with Gasteiger partial charge in [-0.1, -0.05) is 84.9 Å². The minimum absolute atomic E-state index is 0.180. The molecule has 2 unspecified atom stereocenters. The van der Waals surface area contributed by atoms with E-state index in [0.29, 0.717) is 22.6 Å². The van der Waals surface area contributed by atoms with Gasteiger partial charge in [0.1, 0.15) is 36.9 Å². The summed E-state index contributed by atoms with van der Waals surface area (Å²) >= 11 is 0. The molecule has 0 saturated heterocycles. The third-order valence-electron chi connectivity index (χ3n) is 6.39. The molecule has 2 atom stereocenters. The molecule has 6 heteroatoms. The SMILES string of the molecule is CC(COc1c2ccccc2c(OCC(C)OC(=O)c2ccccc2)c2ccccc12)OC(=O)c1ccccc1. The van der Waals surface area contributed by atoms with Crippen molar-refractivity contribution in [3.63, 3.8) is 0 Å². The van der Waals surface area contributed by atoms with Crippen molar-refractivity contribution in [1.29, 1.82) is 0 Å². The van der Waals surface area contributed by atoms with E-state index >= 15 is 0 Å². The van der Waals surface area contributed by atoms with E-state index in [1.165, 1.54) is 0 Å². The fraction of sp³-hybridized carbons (Fsp3) is 0.176. The summed E-state index contributed by atoms with van der Waals surface area (Å²) in [4.78, 5) is 25.0. The van der Waals surface area contributed by atoms with Gasteiger partial charge in [0.2, 0.25) is 0 Å². The van der Waals surface area contributed by atoms with E-state index in [2.05, 4.69) is 0 Å². The Morgan fingerprint density at radius 3 is 1.12 bits per heavy atom. The highest BCUT2D eigenvalue weighted by molar-refractivity contribution is 6.11. The lowest BCUT2D eigenvalue weighted by Crippen LogP contribution is -2.22. The van der Waals surface area contributed by atoms with E-state index in [0.717, 1.165) is 21.5 Å². The number of benzene rings is 5. The molecule has 0 radical (unpaired) electrons. The Morgan fingerprint density at radius 1 is 0.500 bits per heavy atom. The van der Waals surface area contributed by atoms with Crippen molar-refractivity contribution in [3.8, 4) is 11.5 Å². The lowest BCUT2D eigenvalue weighted by atomic mass is 10.0. The van der Waals surface area contributed by atoms with Crippen LogP contribution in [0.4, 0.5) is 0 Å². The minimum Gasteiger partial charge on any atom is -0.488 e. The zero-order valence-electron chi connectivity index (χ0n) is 22.4. The molecule has 0 aromatic heterocycles. The highest BCUT2D eigenvalue weighted by atomic mass is 16.6. The lowest BCUT2D eigenvalue weighted by Gasteiger charge is -2.21. The highest BCUT2D eigenvalue weighted by Crippen LogP contribution is 2.42. The first kappa shape index (κ1) is 26.8. The van der Waals surface area contributed by atoms with Crippen molar-refractivity contribution >= 4 is 33.5 Å². The predicted octanol–water partition coefficient (Wildman–Crippen LogP) is 7.24. The molecule has 0 heterocycles. The molecule has 5 aromatic carbocycles. The summed E-state index contributed by atoms with van der Waals surface area (Å²) in [7, 11) is 0. The fourth-order valence-electron chi connectivity index (χ4n) is 4.48. The van der Waals surface area contributed by atoms with Crippen molar-refractivity contribution < 1.29 is 28.5 Å². The third kappa shape index (κ3) is 6.07. The maximum absolute atomic E-state index is 12.5. The van der Waals surface area contributed by atoms with Crippen LogP contribution in [-0.4, -0.2) is 37.4 Å². The second-order valence-corrected chi connectivity index (χ2v) is 9.54. The monoisotopic (exact) mass is 534 g/mol. The summed E-state index contributed by atoms with van der Waals surface area (Å²) in [5, 5.41) is 3.47. The molecular formula is C34H30O6. The number of fused-ring (bicyclic) bond motifs is 2. The summed E-state index contributed by atoms with van der Waals surface area (Å²) in [6.07, 6.45) is -0.942. The number of esters is 2. The van der Waals surface area contributed by atoms with Gasteiger partial charge in [-0.25, -0.2) is 9.59 Å². The number of rotatable bonds is 10. The van der Waals surface area contributed by atoms with Crippen molar-refractivity contribution in [2.75, 3.05) is 13.2 Å². The molecule has 40 heavy (non-hydrogen) atoms. The molecule has 0 aliphatic rings. The summed E-state index contributed by atoms with van der Waals surface area (Å²) in [6.45, 7) is 3.97. The van der Waals surface area contributed by atoms with Crippen LogP contribution in [0.3, 0.4) is 0 Å². The van der Waals surface area contributed by atoms with Crippen molar-refractivity contribution in [1.82, 2.24) is 0 Å². The molecule has 6 nitrogen and oxygen atoms in total. The van der Waals surface area contributed by atoms with Crippen LogP contribution in [0.15, 0.2) is 109 Å². The smallest absolute Gasteiger partial charge is 0.338 e. The summed E-state index contributed by atoms with van der Waals surface area (Å²) in [5.74, 6) is 0.587. The molecule has 202 valence electrons. The van der Waals surface area contributed by atoms with E-state index in [9.17, 15) is 9.59 Å². The number of hydrogen-bond donors (Lipinski definition) is 0. The second-order valence-electron chi connectivity index (χ2n) is 9.54. The Morgan fingerprint density at radius 2 is 0.800 bits per heavy atom. The maximum Gasteiger partial charge on any atom is 0.338 e. The van der Waals surface area contributed by atoms with Gasteiger partial charge in [0, 0.05) is 21.5 Å². The standard InChI is InChI=1S/C34H30O6/c1-23(39-33(35)25-13-5-3-6-14-25)21-37-31-27-17-9-11-19-29(27)32(30-20-12-10-18-28(30)31)38-22-24(2)40-34(36)26-15-7-4-8-16-26/h3-20,23-24H,21-22H2,1-2H3. The van der Waals surface area contributed by atoms with Crippen LogP contribution in [0.5, 0.6) is 11.5 Å². The van der Waals surface area contributed by atoms with E-state index in [4.69, 9.17) is 18.9 Å². The molecule has 0 saturated carbocycles. The largest absolute Gasteiger partial charge is 0.488 e. The van der Waals surface area contributed by atoms with Gasteiger partial charge in [-0.05, 0) is 38.1 Å². The Hall–Kier alpha value is -4.84. The van der Waals surface area contributed by atoms with Crippen LogP contribution < -0.4 is 9.47 Å². The predicted molar refractivity (Wildman–Crippen MR) is 155 cm³/mol. The van der Waals surface area contributed by atoms with E-state index in [1.54, 1.807) is 62.4 Å². The molecule has 5 rings (SSSR count). The van der Waals surface area contributed by atoms with E-state index < -0.39 is 24.1 Å². The van der Waals surface area contributed by atoms with Gasteiger partial charge in [0.05, 0.1) is 11.1 Å². The minimum atomic E-state index is -0.471. The lowest BCUT2D eigenvalue weighted by molar-refractivity contribution is 0.0221. The summed E-state index contributed by atoms with van der Waals surface area (Å²) in [6, 6.07) is 33.5. The number of ether oxygens (including phenoxy) is 4. The quantitative estimate of drug-likeness (QED) is 0.139. The topological polar surface area (TPSA) is 71.1 Å². The zero-order valence-corrected chi connectivity index (χ0v) is 22.4. The van der Waals surface area contributed by atoms with Gasteiger partial charge >= 0.3 is 11.9 Å². The van der Waals surface area contributed by atoms with Gasteiger partial charge in [0.15, 0.2) is 0 Å². The van der Waals surface area contributed by atoms with E-state index in [1.807, 2.05) is 60.7 Å². The first-order chi connectivity index (χ1) is 19.5. The number of carbonyl (C=O) groups is 2. The molecule has 0 spiro atoms. The van der Waals surface area contributed by atoms with Crippen molar-refractivity contribution in [2.24, 2.45) is 0 Å². The van der Waals surface area contributed by atoms with E-state index in [-0.39, 0.29) is 13.2 Å². The molecule has 0 amide bonds. The molecular weight excluding hydrogens is 504 g/mol. The fourth-order valence-corrected chi connectivity index (χ4v) is 4.48. The number of hydrogen-bond acceptors (Lipinski definition) is 6.